The highest BCUT2D eigenvalue weighted by Crippen LogP contribution is 2.55. The van der Waals surface area contributed by atoms with Crippen LogP contribution in [0.4, 0.5) is 0 Å². The molecule has 1 aromatic heterocycles. The second-order valence-corrected chi connectivity index (χ2v) is 13.7. The molecule has 2 aliphatic carbocycles. The number of fused-ring (bicyclic) bond motifs is 6. The predicted octanol–water partition coefficient (Wildman–Crippen LogP) is 10.0. The Morgan fingerprint density at radius 3 is 2.27 bits per heavy atom. The third-order valence-electron chi connectivity index (χ3n) is 10.3. The summed E-state index contributed by atoms with van der Waals surface area (Å²) in [5.41, 5.74) is 16.4. The number of hydrazine groups is 1. The first-order valence-electron chi connectivity index (χ1n) is 17.1. The van der Waals surface area contributed by atoms with Crippen LogP contribution in [-0.4, -0.2) is 22.5 Å². The van der Waals surface area contributed by atoms with E-state index in [1.54, 1.807) is 0 Å². The van der Waals surface area contributed by atoms with Gasteiger partial charge in [0.2, 0.25) is 0 Å². The molecule has 0 saturated carbocycles. The van der Waals surface area contributed by atoms with Crippen LogP contribution in [0.25, 0.3) is 33.1 Å². The summed E-state index contributed by atoms with van der Waals surface area (Å²) in [6.07, 6.45) is 5.86. The van der Waals surface area contributed by atoms with Crippen LogP contribution in [0.5, 0.6) is 0 Å². The van der Waals surface area contributed by atoms with E-state index >= 15 is 0 Å². The second kappa shape index (κ2) is 12.1. The maximum absolute atomic E-state index is 5.20. The van der Waals surface area contributed by atoms with E-state index in [1.165, 1.54) is 60.9 Å². The minimum absolute atomic E-state index is 0.0804. The Morgan fingerprint density at radius 2 is 1.52 bits per heavy atom. The van der Waals surface area contributed by atoms with Crippen LogP contribution in [-0.2, 0) is 18.5 Å². The molecule has 1 atom stereocenters. The number of aliphatic imine (C=N–C) groups is 1. The Labute approximate surface area is 283 Å². The second-order valence-electron chi connectivity index (χ2n) is 13.7. The van der Waals surface area contributed by atoms with Gasteiger partial charge < -0.3 is 4.57 Å². The topological polar surface area (TPSA) is 32.6 Å². The van der Waals surface area contributed by atoms with Crippen molar-refractivity contribution in [1.29, 1.82) is 0 Å². The van der Waals surface area contributed by atoms with Crippen molar-refractivity contribution in [3.8, 4) is 5.69 Å². The van der Waals surface area contributed by atoms with E-state index in [2.05, 4.69) is 169 Å². The number of nitrogens with one attached hydrogen (secondary N) is 1. The van der Waals surface area contributed by atoms with E-state index < -0.39 is 0 Å². The summed E-state index contributed by atoms with van der Waals surface area (Å²) < 4.78 is 2.50. The number of nitrogens with zero attached hydrogens (tertiary/aromatic N) is 3. The van der Waals surface area contributed by atoms with Crippen LogP contribution in [0.3, 0.4) is 0 Å². The number of allylic oxidation sites excluding steroid dienone is 4. The van der Waals surface area contributed by atoms with Gasteiger partial charge in [0.25, 0.3) is 0 Å². The Bertz CT molecular complexity index is 2220. The molecule has 0 aliphatic heterocycles. The molecule has 0 amide bonds. The summed E-state index contributed by atoms with van der Waals surface area (Å²) in [7, 11) is 1.96. The van der Waals surface area contributed by atoms with Crippen LogP contribution in [0.15, 0.2) is 144 Å². The maximum Gasteiger partial charge on any atom is 0.145 e. The Morgan fingerprint density at radius 1 is 0.812 bits per heavy atom. The fourth-order valence-corrected chi connectivity index (χ4v) is 8.00. The number of benzene rings is 5. The lowest BCUT2D eigenvalue weighted by molar-refractivity contribution is 0.330. The first-order valence-corrected chi connectivity index (χ1v) is 17.1. The van der Waals surface area contributed by atoms with E-state index in [-0.39, 0.29) is 5.41 Å². The quantitative estimate of drug-likeness (QED) is 0.109. The van der Waals surface area contributed by atoms with Crippen LogP contribution >= 0.6 is 0 Å². The molecule has 6 aromatic rings. The highest BCUT2D eigenvalue weighted by atomic mass is 15.5. The van der Waals surface area contributed by atoms with E-state index in [0.717, 1.165) is 17.8 Å². The number of hydrogen-bond acceptors (Lipinski definition) is 2. The molecule has 48 heavy (non-hydrogen) atoms. The van der Waals surface area contributed by atoms with E-state index in [1.807, 2.05) is 7.05 Å². The normalized spacial score (nSPS) is 16.8. The predicted molar refractivity (Wildman–Crippen MR) is 201 cm³/mol. The molecule has 8 rings (SSSR count). The molecule has 0 spiro atoms. The van der Waals surface area contributed by atoms with Gasteiger partial charge in [-0.25, -0.2) is 5.43 Å². The molecule has 0 fully saturated rings. The van der Waals surface area contributed by atoms with E-state index in [9.17, 15) is 0 Å². The van der Waals surface area contributed by atoms with Gasteiger partial charge in [-0.3, -0.25) is 10.0 Å². The van der Waals surface area contributed by atoms with Gasteiger partial charge in [-0.15, -0.1) is 0 Å². The number of aromatic nitrogens is 1. The SMILES string of the molecule is CNN(Cc1ccccc1)/C(=N\Cc1ccc(-n2c3ccccc3c3ccc4c(c32)C(C)(C)C2=C4C(C)CC=C2)cc1)c1ccccc1. The lowest BCUT2D eigenvalue weighted by Crippen LogP contribution is -2.40. The van der Waals surface area contributed by atoms with Crippen LogP contribution in [0.1, 0.15) is 55.0 Å². The van der Waals surface area contributed by atoms with Gasteiger partial charge in [0.05, 0.1) is 24.1 Å². The van der Waals surface area contributed by atoms with E-state index in [4.69, 9.17) is 4.99 Å². The van der Waals surface area contributed by atoms with E-state index in [0.29, 0.717) is 19.0 Å². The summed E-state index contributed by atoms with van der Waals surface area (Å²) in [5.74, 6) is 1.44. The Hall–Kier alpha value is -5.19. The molecule has 0 saturated heterocycles. The summed E-state index contributed by atoms with van der Waals surface area (Å²) in [4.78, 5) is 5.20. The van der Waals surface area contributed by atoms with Crippen molar-refractivity contribution in [2.45, 2.75) is 45.7 Å². The number of amidine groups is 1. The molecule has 1 unspecified atom stereocenters. The third kappa shape index (κ3) is 4.99. The van der Waals surface area contributed by atoms with Crippen molar-refractivity contribution in [1.82, 2.24) is 15.0 Å². The van der Waals surface area contributed by atoms with Crippen molar-refractivity contribution < 1.29 is 0 Å². The van der Waals surface area contributed by atoms with Crippen LogP contribution < -0.4 is 5.43 Å². The van der Waals surface area contributed by atoms with Gasteiger partial charge in [-0.2, -0.15) is 0 Å². The molecule has 0 bridgehead atoms. The van der Waals surface area contributed by atoms with Crippen molar-refractivity contribution in [2.75, 3.05) is 7.05 Å². The smallest absolute Gasteiger partial charge is 0.145 e. The first kappa shape index (κ1) is 30.2. The monoisotopic (exact) mass is 626 g/mol. The fourth-order valence-electron chi connectivity index (χ4n) is 8.00. The summed E-state index contributed by atoms with van der Waals surface area (Å²) >= 11 is 0. The van der Waals surface area contributed by atoms with Crippen molar-refractivity contribution >= 4 is 33.2 Å². The number of para-hydroxylation sites is 1. The number of hydrogen-bond donors (Lipinski definition) is 1. The summed E-state index contributed by atoms with van der Waals surface area (Å²) in [5, 5.41) is 4.75. The fraction of sp³-hybridized carbons (Fsp3) is 0.205. The van der Waals surface area contributed by atoms with Crippen LogP contribution in [0, 0.1) is 5.92 Å². The Kier molecular flexibility index (Phi) is 7.61. The lowest BCUT2D eigenvalue weighted by atomic mass is 9.78. The molecule has 238 valence electrons. The van der Waals surface area contributed by atoms with Gasteiger partial charge in [-0.05, 0) is 63.9 Å². The average Bonchev–Trinajstić information content (AvgIpc) is 3.58. The molecule has 4 nitrogen and oxygen atoms in total. The first-order chi connectivity index (χ1) is 23.5. The van der Waals surface area contributed by atoms with Crippen LogP contribution in [0.2, 0.25) is 0 Å². The summed E-state index contributed by atoms with van der Waals surface area (Å²) in [6.45, 7) is 8.50. The van der Waals surface area contributed by atoms with Gasteiger partial charge in [0.1, 0.15) is 5.84 Å². The maximum atomic E-state index is 5.20. The largest absolute Gasteiger partial charge is 0.309 e. The highest BCUT2D eigenvalue weighted by molar-refractivity contribution is 6.12. The molecular formula is C44H42N4. The zero-order valence-electron chi connectivity index (χ0n) is 28.2. The third-order valence-corrected chi connectivity index (χ3v) is 10.3. The zero-order valence-corrected chi connectivity index (χ0v) is 28.2. The molecule has 0 radical (unpaired) electrons. The molecular weight excluding hydrogens is 585 g/mol. The van der Waals surface area contributed by atoms with Gasteiger partial charge in [0, 0.05) is 34.5 Å². The van der Waals surface area contributed by atoms with Gasteiger partial charge in [-0.1, -0.05) is 136 Å². The molecule has 5 aromatic carbocycles. The Balaban J connectivity index is 1.20. The molecule has 1 heterocycles. The summed E-state index contributed by atoms with van der Waals surface area (Å²) in [6, 6.07) is 43.6. The molecule has 2 aliphatic rings. The zero-order chi connectivity index (χ0) is 32.8. The molecule has 1 N–H and O–H groups in total. The van der Waals surface area contributed by atoms with Crippen molar-refractivity contribution in [3.05, 3.63) is 167 Å². The highest BCUT2D eigenvalue weighted by Gasteiger charge is 2.41. The molecule has 4 heteroatoms. The van der Waals surface area contributed by atoms with Gasteiger partial charge in [0.15, 0.2) is 0 Å². The minimum atomic E-state index is -0.0804. The number of rotatable bonds is 7. The van der Waals surface area contributed by atoms with Gasteiger partial charge >= 0.3 is 0 Å². The minimum Gasteiger partial charge on any atom is -0.309 e. The standard InChI is InChI=1S/C44H42N4/c1-30-14-13-20-38-40(30)37-27-26-36-35-19-11-12-21-39(35)48(42(36)41(37)44(38,2)3)34-24-22-31(23-25-34)28-46-43(33-17-9-6-10-18-33)47(45-4)29-32-15-7-5-8-16-32/h5-13,15-27,30,45H,14,28-29H2,1-4H3/b46-43-. The lowest BCUT2D eigenvalue weighted by Gasteiger charge is -2.26. The average molecular weight is 627 g/mol. The van der Waals surface area contributed by atoms with Crippen molar-refractivity contribution in [2.24, 2.45) is 10.9 Å². The van der Waals surface area contributed by atoms with Crippen molar-refractivity contribution in [3.63, 3.8) is 0 Å².